The van der Waals surface area contributed by atoms with E-state index in [1.807, 2.05) is 0 Å². The average Bonchev–Trinajstić information content (AvgIpc) is 3.50. The number of nitrogens with two attached hydrogens (primary N) is 1. The summed E-state index contributed by atoms with van der Waals surface area (Å²) in [4.78, 5) is 42.1. The average molecular weight is 390 g/mol. The molecule has 1 aromatic carbocycles. The van der Waals surface area contributed by atoms with Crippen LogP contribution in [0.15, 0.2) is 23.2 Å². The van der Waals surface area contributed by atoms with Crippen LogP contribution in [0, 0.1) is 5.92 Å². The Morgan fingerprint density at radius 2 is 1.68 bits per heavy atom. The van der Waals surface area contributed by atoms with Gasteiger partial charge in [-0.15, -0.1) is 0 Å². The van der Waals surface area contributed by atoms with Gasteiger partial charge in [-0.25, -0.2) is 14.4 Å². The Morgan fingerprint density at radius 3 is 2.11 bits per heavy atom. The second kappa shape index (κ2) is 9.72. The highest BCUT2D eigenvalue weighted by molar-refractivity contribution is 6.11. The molecule has 0 aromatic heterocycles. The maximum absolute atomic E-state index is 12.5. The largest absolute Gasteiger partial charge is 0.462 e. The van der Waals surface area contributed by atoms with Crippen molar-refractivity contribution in [2.45, 2.75) is 26.7 Å². The molecule has 0 unspecified atom stereocenters. The van der Waals surface area contributed by atoms with Gasteiger partial charge in [0.1, 0.15) is 0 Å². The molecule has 0 saturated heterocycles. The molecule has 9 nitrogen and oxygen atoms in total. The number of hydrogen-bond acceptors (Lipinski definition) is 5. The van der Waals surface area contributed by atoms with Gasteiger partial charge in [0, 0.05) is 13.6 Å². The molecular weight excluding hydrogens is 364 g/mol. The number of anilines is 1. The van der Waals surface area contributed by atoms with E-state index < -0.39 is 18.0 Å². The standard InChI is InChI=1S/C19H26N4O5/c1-4-27-16(24)13-7-6-8-14(17(25)28-5-2)15(13)23(11-12-9-10-12)18(20)22-19(26)21-3/h6-8,12H,4-5,9-11H2,1-3H3,(H3,20,21,22,26). The van der Waals surface area contributed by atoms with Crippen LogP contribution >= 0.6 is 0 Å². The van der Waals surface area contributed by atoms with Gasteiger partial charge in [0.25, 0.3) is 0 Å². The summed E-state index contributed by atoms with van der Waals surface area (Å²) in [6, 6.07) is 4.03. The summed E-state index contributed by atoms with van der Waals surface area (Å²) in [7, 11) is 1.43. The summed E-state index contributed by atoms with van der Waals surface area (Å²) in [5, 5.41) is 2.37. The van der Waals surface area contributed by atoms with Gasteiger partial charge in [0.2, 0.25) is 5.96 Å². The van der Waals surface area contributed by atoms with E-state index in [-0.39, 0.29) is 36.0 Å². The lowest BCUT2D eigenvalue weighted by Gasteiger charge is -2.27. The number of urea groups is 1. The highest BCUT2D eigenvalue weighted by atomic mass is 16.5. The summed E-state index contributed by atoms with van der Waals surface area (Å²) in [5.41, 5.74) is 6.64. The van der Waals surface area contributed by atoms with E-state index >= 15 is 0 Å². The van der Waals surface area contributed by atoms with Crippen LogP contribution in [0.25, 0.3) is 0 Å². The number of nitrogens with one attached hydrogen (secondary N) is 1. The summed E-state index contributed by atoms with van der Waals surface area (Å²) < 4.78 is 10.3. The van der Waals surface area contributed by atoms with Gasteiger partial charge < -0.3 is 25.4 Å². The van der Waals surface area contributed by atoms with E-state index in [1.54, 1.807) is 32.0 Å². The van der Waals surface area contributed by atoms with Crippen molar-refractivity contribution in [3.05, 3.63) is 29.3 Å². The number of nitrogens with zero attached hydrogens (tertiary/aromatic N) is 2. The van der Waals surface area contributed by atoms with Crippen LogP contribution in [0.4, 0.5) is 10.5 Å². The molecule has 0 heterocycles. The van der Waals surface area contributed by atoms with E-state index in [0.29, 0.717) is 12.5 Å². The van der Waals surface area contributed by atoms with Crippen LogP contribution in [0.5, 0.6) is 0 Å². The number of guanidine groups is 1. The minimum Gasteiger partial charge on any atom is -0.462 e. The summed E-state index contributed by atoms with van der Waals surface area (Å²) in [6.45, 7) is 4.14. The second-order valence-corrected chi connectivity index (χ2v) is 6.22. The number of ether oxygens (including phenoxy) is 2. The summed E-state index contributed by atoms with van der Waals surface area (Å²) in [5.74, 6) is -0.994. The van der Waals surface area contributed by atoms with Crippen LogP contribution in [0.2, 0.25) is 0 Å². The molecule has 1 aromatic rings. The number of carbonyl (C=O) groups is 3. The number of carbonyl (C=O) groups excluding carboxylic acids is 3. The highest BCUT2D eigenvalue weighted by Gasteiger charge is 2.32. The summed E-state index contributed by atoms with van der Waals surface area (Å²) in [6.07, 6.45) is 1.97. The molecule has 0 spiro atoms. The third-order valence-corrected chi connectivity index (χ3v) is 4.14. The fraction of sp³-hybridized carbons (Fsp3) is 0.474. The number of esters is 2. The van der Waals surface area contributed by atoms with Crippen LogP contribution in [-0.2, 0) is 9.47 Å². The first-order valence-electron chi connectivity index (χ1n) is 9.23. The molecule has 1 fully saturated rings. The molecule has 1 aliphatic rings. The van der Waals surface area contributed by atoms with Crippen molar-refractivity contribution in [3.8, 4) is 0 Å². The molecule has 0 bridgehead atoms. The molecule has 0 radical (unpaired) electrons. The third-order valence-electron chi connectivity index (χ3n) is 4.14. The van der Waals surface area contributed by atoms with E-state index in [1.165, 1.54) is 11.9 Å². The fourth-order valence-corrected chi connectivity index (χ4v) is 2.66. The third kappa shape index (κ3) is 5.21. The lowest BCUT2D eigenvalue weighted by molar-refractivity contribution is 0.0527. The van der Waals surface area contributed by atoms with Crippen LogP contribution in [0.3, 0.4) is 0 Å². The number of amides is 2. The Kier molecular flexibility index (Phi) is 7.36. The molecule has 152 valence electrons. The Labute approximate surface area is 163 Å². The second-order valence-electron chi connectivity index (χ2n) is 6.22. The maximum atomic E-state index is 12.5. The number of aliphatic imine (C=N–C) groups is 1. The molecule has 1 aliphatic carbocycles. The molecule has 1 saturated carbocycles. The minimum absolute atomic E-state index is 0.117. The number of rotatable bonds is 7. The molecule has 28 heavy (non-hydrogen) atoms. The lowest BCUT2D eigenvalue weighted by Crippen LogP contribution is -2.42. The van der Waals surface area contributed by atoms with E-state index in [9.17, 15) is 14.4 Å². The quantitative estimate of drug-likeness (QED) is 0.414. The van der Waals surface area contributed by atoms with E-state index in [2.05, 4.69) is 10.3 Å². The van der Waals surface area contributed by atoms with Crippen molar-refractivity contribution < 1.29 is 23.9 Å². The molecule has 0 atom stereocenters. The van der Waals surface area contributed by atoms with Crippen LogP contribution in [-0.4, -0.2) is 50.7 Å². The van der Waals surface area contributed by atoms with Gasteiger partial charge in [-0.2, -0.15) is 4.99 Å². The monoisotopic (exact) mass is 390 g/mol. The smallest absolute Gasteiger partial charge is 0.343 e. The Bertz CT molecular complexity index is 737. The zero-order valence-electron chi connectivity index (χ0n) is 16.4. The Morgan fingerprint density at radius 1 is 1.14 bits per heavy atom. The molecule has 2 amide bonds. The normalized spacial score (nSPS) is 13.6. The van der Waals surface area contributed by atoms with Crippen molar-refractivity contribution >= 4 is 29.6 Å². The van der Waals surface area contributed by atoms with Crippen molar-refractivity contribution in [2.75, 3.05) is 31.7 Å². The van der Waals surface area contributed by atoms with E-state index in [4.69, 9.17) is 15.2 Å². The van der Waals surface area contributed by atoms with Crippen molar-refractivity contribution in [1.82, 2.24) is 5.32 Å². The number of hydrogen-bond donors (Lipinski definition) is 2. The Hall–Kier alpha value is -3.10. The summed E-state index contributed by atoms with van der Waals surface area (Å²) >= 11 is 0. The lowest BCUT2D eigenvalue weighted by atomic mass is 10.0. The molecule has 0 aliphatic heterocycles. The molecular formula is C19H26N4O5. The minimum atomic E-state index is -0.635. The topological polar surface area (TPSA) is 123 Å². The van der Waals surface area contributed by atoms with Gasteiger partial charge in [-0.05, 0) is 44.7 Å². The van der Waals surface area contributed by atoms with Crippen LogP contribution in [0.1, 0.15) is 47.4 Å². The van der Waals surface area contributed by atoms with Gasteiger partial charge in [0.15, 0.2) is 0 Å². The Balaban J connectivity index is 2.62. The highest BCUT2D eigenvalue weighted by Crippen LogP contribution is 2.34. The molecule has 3 N–H and O–H groups in total. The maximum Gasteiger partial charge on any atom is 0.343 e. The van der Waals surface area contributed by atoms with Crippen LogP contribution < -0.4 is 16.0 Å². The fourth-order valence-electron chi connectivity index (χ4n) is 2.66. The predicted molar refractivity (Wildman–Crippen MR) is 105 cm³/mol. The molecule has 2 rings (SSSR count). The van der Waals surface area contributed by atoms with Crippen molar-refractivity contribution in [3.63, 3.8) is 0 Å². The van der Waals surface area contributed by atoms with Gasteiger partial charge in [-0.1, -0.05) is 6.07 Å². The van der Waals surface area contributed by atoms with Gasteiger partial charge in [0.05, 0.1) is 30.0 Å². The predicted octanol–water partition coefficient (Wildman–Crippen LogP) is 1.91. The van der Waals surface area contributed by atoms with Crippen molar-refractivity contribution in [2.24, 2.45) is 16.6 Å². The zero-order valence-corrected chi connectivity index (χ0v) is 16.4. The number of para-hydroxylation sites is 1. The first kappa shape index (κ1) is 21.2. The molecule has 9 heteroatoms. The SMILES string of the molecule is CCOC(=O)c1cccc(C(=O)OCC)c1N(CC1CC1)C(N)=NC(=O)NC. The van der Waals surface area contributed by atoms with Crippen molar-refractivity contribution in [1.29, 1.82) is 0 Å². The zero-order chi connectivity index (χ0) is 20.7. The van der Waals surface area contributed by atoms with Gasteiger partial charge in [-0.3, -0.25) is 0 Å². The van der Waals surface area contributed by atoms with E-state index in [0.717, 1.165) is 12.8 Å². The first-order chi connectivity index (χ1) is 13.4. The number of benzene rings is 1. The first-order valence-corrected chi connectivity index (χ1v) is 9.23. The van der Waals surface area contributed by atoms with Gasteiger partial charge >= 0.3 is 18.0 Å².